The van der Waals surface area contributed by atoms with E-state index in [0.717, 1.165) is 37.0 Å². The van der Waals surface area contributed by atoms with E-state index in [-0.39, 0.29) is 0 Å². The lowest BCUT2D eigenvalue weighted by Gasteiger charge is -2.57. The van der Waals surface area contributed by atoms with Crippen LogP contribution in [0.1, 0.15) is 64.4 Å². The van der Waals surface area contributed by atoms with Gasteiger partial charge >= 0.3 is 0 Å². The lowest BCUT2D eigenvalue weighted by molar-refractivity contribution is -0.122. The van der Waals surface area contributed by atoms with Crippen molar-refractivity contribution in [3.05, 3.63) is 40.1 Å². The van der Waals surface area contributed by atoms with Crippen molar-refractivity contribution in [2.75, 3.05) is 0 Å². The SMILES string of the molecule is C[C@]12CCC(=O)CC1=CCC1C2CC[C@]2(C)C(c3ccsc3)=CCC12. The standard InChI is InChI=1S/C23H28OS/c1-22-10-7-17(24)13-16(22)3-4-18-20-6-5-19(15-9-12-25-14-15)23(20,2)11-8-21(18)22/h3,5,9,12,14,18,20-21H,4,6-8,10-11,13H2,1-2H3/t18?,20?,21?,22-,23+/m0/s1. The van der Waals surface area contributed by atoms with E-state index in [1.165, 1.54) is 36.8 Å². The van der Waals surface area contributed by atoms with Gasteiger partial charge in [-0.2, -0.15) is 11.3 Å². The van der Waals surface area contributed by atoms with Crippen molar-refractivity contribution in [2.45, 2.75) is 58.8 Å². The molecule has 132 valence electrons. The molecule has 0 aliphatic heterocycles. The summed E-state index contributed by atoms with van der Waals surface area (Å²) in [6.07, 6.45) is 12.8. The normalized spacial score (nSPS) is 43.0. The summed E-state index contributed by atoms with van der Waals surface area (Å²) in [6.45, 7) is 5.02. The lowest BCUT2D eigenvalue weighted by atomic mass is 9.47. The van der Waals surface area contributed by atoms with Crippen LogP contribution in [0.25, 0.3) is 5.57 Å². The van der Waals surface area contributed by atoms with Crippen LogP contribution in [0.5, 0.6) is 0 Å². The molecule has 5 atom stereocenters. The van der Waals surface area contributed by atoms with E-state index >= 15 is 0 Å². The number of thiophene rings is 1. The van der Waals surface area contributed by atoms with Crippen LogP contribution in [-0.4, -0.2) is 5.78 Å². The van der Waals surface area contributed by atoms with Gasteiger partial charge in [-0.05, 0) is 88.7 Å². The van der Waals surface area contributed by atoms with Gasteiger partial charge in [-0.1, -0.05) is 31.6 Å². The van der Waals surface area contributed by atoms with Gasteiger partial charge in [0.2, 0.25) is 0 Å². The highest BCUT2D eigenvalue weighted by molar-refractivity contribution is 7.08. The minimum Gasteiger partial charge on any atom is -0.299 e. The van der Waals surface area contributed by atoms with Crippen molar-refractivity contribution < 1.29 is 4.79 Å². The second-order valence-electron chi connectivity index (χ2n) is 9.30. The first kappa shape index (κ1) is 16.1. The molecular formula is C23H28OS. The van der Waals surface area contributed by atoms with Crippen molar-refractivity contribution in [2.24, 2.45) is 28.6 Å². The van der Waals surface area contributed by atoms with Gasteiger partial charge in [-0.25, -0.2) is 0 Å². The van der Waals surface area contributed by atoms with Crippen molar-refractivity contribution in [1.29, 1.82) is 0 Å². The Morgan fingerprint density at radius 2 is 1.96 bits per heavy atom. The van der Waals surface area contributed by atoms with Gasteiger partial charge in [0.05, 0.1) is 0 Å². The summed E-state index contributed by atoms with van der Waals surface area (Å²) < 4.78 is 0. The molecule has 1 aromatic heterocycles. The van der Waals surface area contributed by atoms with E-state index in [2.05, 4.69) is 42.8 Å². The van der Waals surface area contributed by atoms with Crippen molar-refractivity contribution >= 4 is 22.7 Å². The Bertz CT molecular complexity index is 770. The topological polar surface area (TPSA) is 17.1 Å². The van der Waals surface area contributed by atoms with E-state index in [4.69, 9.17) is 0 Å². The molecule has 0 spiro atoms. The van der Waals surface area contributed by atoms with E-state index in [9.17, 15) is 4.79 Å². The third-order valence-electron chi connectivity index (χ3n) is 8.35. The number of rotatable bonds is 1. The molecule has 25 heavy (non-hydrogen) atoms. The fourth-order valence-corrected chi connectivity index (χ4v) is 7.57. The maximum atomic E-state index is 12.0. The first-order valence-corrected chi connectivity index (χ1v) is 10.9. The van der Waals surface area contributed by atoms with Gasteiger partial charge < -0.3 is 0 Å². The van der Waals surface area contributed by atoms with Crippen molar-refractivity contribution in [3.8, 4) is 0 Å². The Morgan fingerprint density at radius 1 is 1.08 bits per heavy atom. The number of allylic oxidation sites excluding steroid dienone is 4. The van der Waals surface area contributed by atoms with Gasteiger partial charge in [0.1, 0.15) is 5.78 Å². The van der Waals surface area contributed by atoms with Crippen LogP contribution in [0.3, 0.4) is 0 Å². The van der Waals surface area contributed by atoms with Gasteiger partial charge in [0.25, 0.3) is 0 Å². The Labute approximate surface area is 155 Å². The van der Waals surface area contributed by atoms with Crippen molar-refractivity contribution in [1.82, 2.24) is 0 Å². The Kier molecular flexibility index (Phi) is 3.48. The van der Waals surface area contributed by atoms with Crippen molar-refractivity contribution in [3.63, 3.8) is 0 Å². The molecule has 4 aliphatic carbocycles. The maximum absolute atomic E-state index is 12.0. The predicted octanol–water partition coefficient (Wildman–Crippen LogP) is 6.27. The summed E-state index contributed by atoms with van der Waals surface area (Å²) in [4.78, 5) is 12.0. The summed E-state index contributed by atoms with van der Waals surface area (Å²) in [5, 5.41) is 4.55. The molecule has 0 saturated heterocycles. The minimum atomic E-state index is 0.295. The van der Waals surface area contributed by atoms with Gasteiger partial charge in [-0.3, -0.25) is 4.79 Å². The zero-order valence-corrected chi connectivity index (χ0v) is 16.2. The quantitative estimate of drug-likeness (QED) is 0.544. The second-order valence-corrected chi connectivity index (χ2v) is 10.1. The Morgan fingerprint density at radius 3 is 2.76 bits per heavy atom. The third-order valence-corrected chi connectivity index (χ3v) is 9.03. The molecular weight excluding hydrogens is 324 g/mol. The maximum Gasteiger partial charge on any atom is 0.136 e. The zero-order chi connectivity index (χ0) is 17.2. The number of hydrogen-bond acceptors (Lipinski definition) is 2. The largest absolute Gasteiger partial charge is 0.299 e. The lowest BCUT2D eigenvalue weighted by Crippen LogP contribution is -2.49. The molecule has 3 unspecified atom stereocenters. The summed E-state index contributed by atoms with van der Waals surface area (Å²) in [5.74, 6) is 2.83. The molecule has 0 aromatic carbocycles. The van der Waals surface area contributed by atoms with Crippen LogP contribution >= 0.6 is 11.3 Å². The van der Waals surface area contributed by atoms with Gasteiger partial charge in [0, 0.05) is 12.8 Å². The molecule has 0 N–H and O–H groups in total. The van der Waals surface area contributed by atoms with E-state index < -0.39 is 0 Å². The fraction of sp³-hybridized carbons (Fsp3) is 0.609. The van der Waals surface area contributed by atoms with Crippen LogP contribution in [0, 0.1) is 28.6 Å². The molecule has 1 heterocycles. The Balaban J connectivity index is 1.49. The molecule has 1 aromatic rings. The Hall–Kier alpha value is -1.15. The summed E-state index contributed by atoms with van der Waals surface area (Å²) in [6, 6.07) is 2.31. The number of carbonyl (C=O) groups excluding carboxylic acids is 1. The number of ketones is 1. The van der Waals surface area contributed by atoms with E-state index in [0.29, 0.717) is 16.6 Å². The molecule has 2 saturated carbocycles. The molecule has 0 amide bonds. The molecule has 2 fully saturated rings. The highest BCUT2D eigenvalue weighted by atomic mass is 32.1. The van der Waals surface area contributed by atoms with Crippen LogP contribution < -0.4 is 0 Å². The molecule has 5 rings (SSSR count). The highest BCUT2D eigenvalue weighted by Gasteiger charge is 2.56. The monoisotopic (exact) mass is 352 g/mol. The first-order chi connectivity index (χ1) is 12.0. The average molecular weight is 353 g/mol. The van der Waals surface area contributed by atoms with Crippen LogP contribution in [0.15, 0.2) is 34.6 Å². The summed E-state index contributed by atoms with van der Waals surface area (Å²) >= 11 is 1.82. The van der Waals surface area contributed by atoms with Crippen LogP contribution in [-0.2, 0) is 4.79 Å². The first-order valence-electron chi connectivity index (χ1n) is 9.97. The molecule has 1 nitrogen and oxygen atoms in total. The number of hydrogen-bond donors (Lipinski definition) is 0. The van der Waals surface area contributed by atoms with Gasteiger partial charge in [-0.15, -0.1) is 0 Å². The third kappa shape index (κ3) is 2.16. The number of Topliss-reactive ketones (excluding diaryl/α,β-unsaturated/α-hetero) is 1. The molecule has 4 aliphatic rings. The molecule has 0 radical (unpaired) electrons. The molecule has 0 bridgehead atoms. The van der Waals surface area contributed by atoms with E-state index in [1.54, 1.807) is 5.57 Å². The number of carbonyl (C=O) groups is 1. The summed E-state index contributed by atoms with van der Waals surface area (Å²) in [7, 11) is 0. The molecule has 2 heteroatoms. The highest BCUT2D eigenvalue weighted by Crippen LogP contribution is 2.66. The van der Waals surface area contributed by atoms with Gasteiger partial charge in [0.15, 0.2) is 0 Å². The zero-order valence-electron chi connectivity index (χ0n) is 15.4. The van der Waals surface area contributed by atoms with Crippen LogP contribution in [0.2, 0.25) is 0 Å². The van der Waals surface area contributed by atoms with E-state index in [1.807, 2.05) is 11.3 Å². The fourth-order valence-electron chi connectivity index (χ4n) is 6.91. The summed E-state index contributed by atoms with van der Waals surface area (Å²) in [5.41, 5.74) is 5.22. The number of fused-ring (bicyclic) bond motifs is 5. The predicted molar refractivity (Wildman–Crippen MR) is 104 cm³/mol. The minimum absolute atomic E-state index is 0.295. The van der Waals surface area contributed by atoms with Crippen LogP contribution in [0.4, 0.5) is 0 Å². The second kappa shape index (κ2) is 5.42. The smallest absolute Gasteiger partial charge is 0.136 e. The average Bonchev–Trinajstić information content (AvgIpc) is 3.22.